The van der Waals surface area contributed by atoms with Crippen molar-refractivity contribution in [1.29, 1.82) is 0 Å². The van der Waals surface area contributed by atoms with Crippen LogP contribution in [-0.2, 0) is 5.11 Å². The van der Waals surface area contributed by atoms with E-state index in [1.165, 1.54) is 19.4 Å². The van der Waals surface area contributed by atoms with E-state index in [2.05, 4.69) is 11.9 Å². The molecule has 2 nitrogen and oxygen atoms in total. The summed E-state index contributed by atoms with van der Waals surface area (Å²) in [4.78, 5) is 2.32. The highest BCUT2D eigenvalue weighted by Gasteiger charge is 2.15. The van der Waals surface area contributed by atoms with Crippen molar-refractivity contribution < 1.29 is 5.11 Å². The normalized spacial score (nSPS) is 28.8. The summed E-state index contributed by atoms with van der Waals surface area (Å²) in [6.07, 6.45) is 3.43. The van der Waals surface area contributed by atoms with Gasteiger partial charge in [0.15, 0.2) is 0 Å². The van der Waals surface area contributed by atoms with Crippen molar-refractivity contribution in [2.24, 2.45) is 5.92 Å². The lowest BCUT2D eigenvalue weighted by Crippen LogP contribution is -2.32. The van der Waals surface area contributed by atoms with E-state index in [4.69, 9.17) is 0 Å². The molecule has 0 aromatic rings. The molecule has 1 aliphatic rings. The van der Waals surface area contributed by atoms with E-state index in [1.807, 2.05) is 0 Å². The summed E-state index contributed by atoms with van der Waals surface area (Å²) in [6, 6.07) is 0. The first kappa shape index (κ1) is 8.02. The van der Waals surface area contributed by atoms with Crippen LogP contribution in [0.5, 0.6) is 0 Å². The van der Waals surface area contributed by atoms with E-state index in [0.717, 1.165) is 13.0 Å². The molecule has 0 aliphatic carbocycles. The number of hydrogen-bond donors (Lipinski definition) is 0. The molecule has 0 amide bonds. The quantitative estimate of drug-likeness (QED) is 0.567. The van der Waals surface area contributed by atoms with E-state index < -0.39 is 0 Å². The summed E-state index contributed by atoms with van der Waals surface area (Å²) >= 11 is 0. The van der Waals surface area contributed by atoms with Crippen LogP contribution in [0.1, 0.15) is 19.3 Å². The fourth-order valence-electron chi connectivity index (χ4n) is 1.68. The van der Waals surface area contributed by atoms with Gasteiger partial charge >= 0.3 is 0 Å². The van der Waals surface area contributed by atoms with Gasteiger partial charge in [0, 0.05) is 6.54 Å². The molecular formula is C8H16NO. The van der Waals surface area contributed by atoms with Crippen LogP contribution in [-0.4, -0.2) is 31.6 Å². The molecule has 2 heteroatoms. The Labute approximate surface area is 62.8 Å². The number of likely N-dealkylation sites (tertiary alicyclic amines) is 1. The fraction of sp³-hybridized carbons (Fsp3) is 1.00. The summed E-state index contributed by atoms with van der Waals surface area (Å²) < 4.78 is 0. The Morgan fingerprint density at radius 2 is 2.40 bits per heavy atom. The Morgan fingerprint density at radius 3 is 3.00 bits per heavy atom. The third-order valence-electron chi connectivity index (χ3n) is 2.25. The van der Waals surface area contributed by atoms with Gasteiger partial charge in [-0.25, -0.2) is 5.11 Å². The van der Waals surface area contributed by atoms with Gasteiger partial charge < -0.3 is 4.90 Å². The zero-order chi connectivity index (χ0) is 7.40. The van der Waals surface area contributed by atoms with Crippen LogP contribution in [0.25, 0.3) is 0 Å². The molecular weight excluding hydrogens is 126 g/mol. The van der Waals surface area contributed by atoms with E-state index in [-0.39, 0.29) is 6.61 Å². The first-order valence-corrected chi connectivity index (χ1v) is 4.09. The highest BCUT2D eigenvalue weighted by Crippen LogP contribution is 2.17. The third kappa shape index (κ3) is 2.27. The molecule has 1 heterocycles. The highest BCUT2D eigenvalue weighted by molar-refractivity contribution is 4.69. The number of rotatable bonds is 2. The van der Waals surface area contributed by atoms with Gasteiger partial charge in [0.25, 0.3) is 0 Å². The minimum absolute atomic E-state index is 0.110. The van der Waals surface area contributed by atoms with Crippen molar-refractivity contribution in [3.05, 3.63) is 0 Å². The minimum Gasteiger partial charge on any atom is -0.306 e. The smallest absolute Gasteiger partial charge is 0.0825 e. The molecule has 0 aromatic heterocycles. The topological polar surface area (TPSA) is 23.1 Å². The predicted molar refractivity (Wildman–Crippen MR) is 40.4 cm³/mol. The Kier molecular flexibility index (Phi) is 3.16. The standard InChI is InChI=1S/C8H16NO/c1-9-5-2-3-8(7-9)4-6-10/h8H,2-7H2,1H3. The maximum atomic E-state index is 10.3. The number of piperidine rings is 1. The van der Waals surface area contributed by atoms with Gasteiger partial charge in [0.05, 0.1) is 6.61 Å². The second kappa shape index (κ2) is 3.94. The summed E-state index contributed by atoms with van der Waals surface area (Å²) in [6.45, 7) is 2.47. The Hall–Kier alpha value is -0.0800. The summed E-state index contributed by atoms with van der Waals surface area (Å²) in [5.74, 6) is 0.691. The summed E-state index contributed by atoms with van der Waals surface area (Å²) in [7, 11) is 2.14. The van der Waals surface area contributed by atoms with Crippen LogP contribution < -0.4 is 0 Å². The largest absolute Gasteiger partial charge is 0.306 e. The van der Waals surface area contributed by atoms with Gasteiger partial charge in [0.2, 0.25) is 0 Å². The molecule has 0 bridgehead atoms. The first-order chi connectivity index (χ1) is 4.83. The van der Waals surface area contributed by atoms with Gasteiger partial charge in [-0.3, -0.25) is 0 Å². The second-order valence-electron chi connectivity index (χ2n) is 3.26. The van der Waals surface area contributed by atoms with Gasteiger partial charge in [0.1, 0.15) is 0 Å². The Morgan fingerprint density at radius 1 is 1.60 bits per heavy atom. The molecule has 1 unspecified atom stereocenters. The average molecular weight is 142 g/mol. The monoisotopic (exact) mass is 142 g/mol. The van der Waals surface area contributed by atoms with Crippen LogP contribution in [0.2, 0.25) is 0 Å². The average Bonchev–Trinajstić information content (AvgIpc) is 1.88. The van der Waals surface area contributed by atoms with E-state index in [0.29, 0.717) is 5.92 Å². The molecule has 1 aliphatic heterocycles. The Balaban J connectivity index is 2.18. The van der Waals surface area contributed by atoms with E-state index in [1.54, 1.807) is 0 Å². The molecule has 1 fully saturated rings. The fourth-order valence-corrected chi connectivity index (χ4v) is 1.68. The zero-order valence-electron chi connectivity index (χ0n) is 6.68. The molecule has 59 valence electrons. The molecule has 1 atom stereocenters. The molecule has 0 spiro atoms. The molecule has 10 heavy (non-hydrogen) atoms. The molecule has 0 saturated carbocycles. The Bertz CT molecular complexity index is 93.3. The van der Waals surface area contributed by atoms with Gasteiger partial charge in [-0.15, -0.1) is 0 Å². The number of hydrogen-bond acceptors (Lipinski definition) is 1. The van der Waals surface area contributed by atoms with Crippen molar-refractivity contribution in [2.45, 2.75) is 19.3 Å². The maximum absolute atomic E-state index is 10.3. The highest BCUT2D eigenvalue weighted by atomic mass is 16.3. The van der Waals surface area contributed by atoms with Gasteiger partial charge in [-0.2, -0.15) is 0 Å². The molecule has 1 saturated heterocycles. The summed E-state index contributed by atoms with van der Waals surface area (Å²) in [5.41, 5.74) is 0. The summed E-state index contributed by atoms with van der Waals surface area (Å²) in [5, 5.41) is 10.3. The van der Waals surface area contributed by atoms with Crippen LogP contribution in [0.4, 0.5) is 0 Å². The predicted octanol–water partition coefficient (Wildman–Crippen LogP) is 1.15. The molecule has 0 aromatic carbocycles. The second-order valence-corrected chi connectivity index (χ2v) is 3.26. The zero-order valence-corrected chi connectivity index (χ0v) is 6.68. The van der Waals surface area contributed by atoms with Crippen molar-refractivity contribution in [2.75, 3.05) is 26.7 Å². The third-order valence-corrected chi connectivity index (χ3v) is 2.25. The van der Waals surface area contributed by atoms with Crippen molar-refractivity contribution >= 4 is 0 Å². The minimum atomic E-state index is 0.110. The van der Waals surface area contributed by atoms with Gasteiger partial charge in [-0.05, 0) is 38.8 Å². The van der Waals surface area contributed by atoms with E-state index in [9.17, 15) is 5.11 Å². The van der Waals surface area contributed by atoms with Gasteiger partial charge in [-0.1, -0.05) is 0 Å². The van der Waals surface area contributed by atoms with Crippen LogP contribution in [0.15, 0.2) is 0 Å². The lowest BCUT2D eigenvalue weighted by molar-refractivity contribution is 0.134. The maximum Gasteiger partial charge on any atom is 0.0825 e. The van der Waals surface area contributed by atoms with Crippen LogP contribution in [0.3, 0.4) is 0 Å². The molecule has 0 N–H and O–H groups in total. The van der Waals surface area contributed by atoms with Crippen molar-refractivity contribution in [3.8, 4) is 0 Å². The number of nitrogens with zero attached hydrogens (tertiary/aromatic N) is 1. The molecule has 1 radical (unpaired) electrons. The first-order valence-electron chi connectivity index (χ1n) is 4.09. The van der Waals surface area contributed by atoms with Crippen LogP contribution >= 0.6 is 0 Å². The van der Waals surface area contributed by atoms with Crippen molar-refractivity contribution in [3.63, 3.8) is 0 Å². The van der Waals surface area contributed by atoms with Crippen LogP contribution in [0, 0.1) is 5.92 Å². The molecule has 1 rings (SSSR count). The lowest BCUT2D eigenvalue weighted by Gasteiger charge is -2.28. The SMILES string of the molecule is CN1CCCC(CC[O])C1. The van der Waals surface area contributed by atoms with Crippen molar-refractivity contribution in [1.82, 2.24) is 4.90 Å². The van der Waals surface area contributed by atoms with E-state index >= 15 is 0 Å². The lowest BCUT2D eigenvalue weighted by atomic mass is 9.96.